The topological polar surface area (TPSA) is 9.23 Å². The summed E-state index contributed by atoms with van der Waals surface area (Å²) in [7, 11) is -1.63. The predicted molar refractivity (Wildman–Crippen MR) is 110 cm³/mol. The summed E-state index contributed by atoms with van der Waals surface area (Å²) in [4.78, 5) is 0. The van der Waals surface area contributed by atoms with Crippen molar-refractivity contribution >= 4 is 13.3 Å². The second-order valence-electron chi connectivity index (χ2n) is 7.77. The van der Waals surface area contributed by atoms with Crippen molar-refractivity contribution in [2.45, 2.75) is 57.7 Å². The monoisotopic (exact) mass is 350 g/mol. The minimum atomic E-state index is -1.63. The lowest BCUT2D eigenvalue weighted by Crippen LogP contribution is -2.43. The van der Waals surface area contributed by atoms with E-state index < -0.39 is 8.07 Å². The van der Waals surface area contributed by atoms with Crippen LogP contribution in [0, 0.1) is 0 Å². The van der Waals surface area contributed by atoms with E-state index in [0.717, 1.165) is 6.42 Å². The first-order chi connectivity index (χ1) is 12.1. The molecular formula is C23H30OSi. The molecule has 0 radical (unpaired) electrons. The maximum atomic E-state index is 6.39. The van der Waals surface area contributed by atoms with Gasteiger partial charge in [0.05, 0.1) is 6.26 Å². The minimum absolute atomic E-state index is 0.312. The quantitative estimate of drug-likeness (QED) is 0.490. The van der Waals surface area contributed by atoms with Crippen LogP contribution in [0.25, 0.3) is 0 Å². The zero-order valence-electron chi connectivity index (χ0n) is 15.7. The second-order valence-corrected chi connectivity index (χ2v) is 12.4. The first-order valence-corrected chi connectivity index (χ1v) is 12.5. The Labute approximate surface area is 153 Å². The number of hydrogen-bond donors (Lipinski definition) is 0. The van der Waals surface area contributed by atoms with E-state index in [0.29, 0.717) is 12.0 Å². The van der Waals surface area contributed by atoms with Crippen LogP contribution in [0.5, 0.6) is 0 Å². The van der Waals surface area contributed by atoms with Crippen molar-refractivity contribution in [3.05, 3.63) is 77.7 Å². The molecule has 2 atom stereocenters. The molecule has 0 saturated heterocycles. The summed E-state index contributed by atoms with van der Waals surface area (Å²) in [6, 6.07) is 21.8. The zero-order valence-corrected chi connectivity index (χ0v) is 16.7. The molecule has 0 spiro atoms. The van der Waals surface area contributed by atoms with Crippen LogP contribution in [-0.2, 0) is 4.74 Å². The molecule has 1 fully saturated rings. The Morgan fingerprint density at radius 1 is 0.920 bits per heavy atom. The van der Waals surface area contributed by atoms with E-state index in [2.05, 4.69) is 86.9 Å². The van der Waals surface area contributed by atoms with Crippen LogP contribution in [0.15, 0.2) is 72.1 Å². The fourth-order valence-corrected chi connectivity index (χ4v) is 5.60. The first-order valence-electron chi connectivity index (χ1n) is 9.52. The van der Waals surface area contributed by atoms with E-state index in [1.54, 1.807) is 0 Å². The molecule has 3 rings (SSSR count). The highest BCUT2D eigenvalue weighted by Gasteiger charge is 2.29. The molecule has 1 aliphatic rings. The highest BCUT2D eigenvalue weighted by molar-refractivity contribution is 6.95. The van der Waals surface area contributed by atoms with Crippen LogP contribution in [0.4, 0.5) is 0 Å². The summed E-state index contributed by atoms with van der Waals surface area (Å²) in [5.41, 5.74) is 1.43. The molecule has 2 heteroatoms. The lowest BCUT2D eigenvalue weighted by molar-refractivity contribution is 0.0840. The molecule has 0 amide bonds. The van der Waals surface area contributed by atoms with Gasteiger partial charge >= 0.3 is 0 Å². The third kappa shape index (κ3) is 4.24. The fraction of sp³-hybridized carbons (Fsp3) is 0.391. The number of rotatable bonds is 5. The molecule has 0 aromatic heterocycles. The minimum Gasteiger partial charge on any atom is -0.498 e. The Morgan fingerprint density at radius 2 is 1.52 bits per heavy atom. The normalized spacial score (nSPS) is 21.8. The van der Waals surface area contributed by atoms with Gasteiger partial charge in [-0.1, -0.05) is 85.4 Å². The van der Waals surface area contributed by atoms with Gasteiger partial charge < -0.3 is 4.74 Å². The summed E-state index contributed by atoms with van der Waals surface area (Å²) >= 11 is 0. The lowest BCUT2D eigenvalue weighted by atomic mass is 9.81. The van der Waals surface area contributed by atoms with Gasteiger partial charge in [-0.2, -0.15) is 0 Å². The molecule has 2 aromatic rings. The number of hydrogen-bond acceptors (Lipinski definition) is 1. The largest absolute Gasteiger partial charge is 0.498 e. The molecule has 2 aromatic carbocycles. The Bertz CT molecular complexity index is 691. The smallest absolute Gasteiger partial charge is 0.111 e. The SMILES string of the molecule is C/C(=C\O[C@@H]1CCCC[C@H]1c1ccccc1)[Si](C)(C)c1ccccc1. The van der Waals surface area contributed by atoms with Gasteiger partial charge in [-0.05, 0) is 36.9 Å². The van der Waals surface area contributed by atoms with Crippen LogP contribution in [0.3, 0.4) is 0 Å². The molecule has 1 nitrogen and oxygen atoms in total. The van der Waals surface area contributed by atoms with Gasteiger partial charge in [0.15, 0.2) is 0 Å². The first kappa shape index (κ1) is 18.0. The molecule has 132 valence electrons. The van der Waals surface area contributed by atoms with Crippen molar-refractivity contribution in [1.82, 2.24) is 0 Å². The third-order valence-corrected chi connectivity index (χ3v) is 9.70. The molecule has 0 aliphatic heterocycles. The van der Waals surface area contributed by atoms with E-state index in [4.69, 9.17) is 4.74 Å². The lowest BCUT2D eigenvalue weighted by Gasteiger charge is -2.32. The van der Waals surface area contributed by atoms with Crippen molar-refractivity contribution < 1.29 is 4.74 Å². The molecule has 1 aliphatic carbocycles. The average molecular weight is 351 g/mol. The summed E-state index contributed by atoms with van der Waals surface area (Å²) in [6.07, 6.45) is 7.39. The van der Waals surface area contributed by atoms with Gasteiger partial charge in [0.25, 0.3) is 0 Å². The Morgan fingerprint density at radius 3 is 2.20 bits per heavy atom. The maximum Gasteiger partial charge on any atom is 0.111 e. The van der Waals surface area contributed by atoms with Crippen molar-refractivity contribution in [3.63, 3.8) is 0 Å². The van der Waals surface area contributed by atoms with Gasteiger partial charge in [0.1, 0.15) is 14.2 Å². The van der Waals surface area contributed by atoms with E-state index in [-0.39, 0.29) is 0 Å². The molecule has 0 unspecified atom stereocenters. The summed E-state index contributed by atoms with van der Waals surface area (Å²) in [5.74, 6) is 0.528. The summed E-state index contributed by atoms with van der Waals surface area (Å²) < 4.78 is 6.39. The van der Waals surface area contributed by atoms with E-state index in [1.165, 1.54) is 35.2 Å². The zero-order chi connectivity index (χ0) is 17.7. The van der Waals surface area contributed by atoms with Crippen LogP contribution >= 0.6 is 0 Å². The Kier molecular flexibility index (Phi) is 5.80. The van der Waals surface area contributed by atoms with Crippen molar-refractivity contribution in [3.8, 4) is 0 Å². The fourth-order valence-electron chi connectivity index (χ4n) is 3.76. The van der Waals surface area contributed by atoms with Crippen molar-refractivity contribution in [2.24, 2.45) is 0 Å². The molecule has 0 bridgehead atoms. The number of benzene rings is 2. The number of ether oxygens (including phenoxy) is 1. The average Bonchev–Trinajstić information content (AvgIpc) is 2.67. The van der Waals surface area contributed by atoms with Crippen LogP contribution < -0.4 is 5.19 Å². The van der Waals surface area contributed by atoms with Gasteiger partial charge in [-0.15, -0.1) is 0 Å². The standard InChI is InChI=1S/C23H30OSi/c1-19(25(2,3)21-14-8-5-9-15-21)18-24-23-17-11-10-16-22(23)20-12-6-4-7-13-20/h4-9,12-15,18,22-23H,10-11,16-17H2,1-3H3/b19-18+/t22-,23+/m0/s1. The second kappa shape index (κ2) is 8.05. The number of allylic oxidation sites excluding steroid dienone is 1. The molecule has 25 heavy (non-hydrogen) atoms. The molecule has 1 saturated carbocycles. The summed E-state index contributed by atoms with van der Waals surface area (Å²) in [6.45, 7) is 7.07. The third-order valence-electron chi connectivity index (χ3n) is 5.83. The highest BCUT2D eigenvalue weighted by atomic mass is 28.3. The van der Waals surface area contributed by atoms with Crippen molar-refractivity contribution in [1.29, 1.82) is 0 Å². The van der Waals surface area contributed by atoms with Crippen molar-refractivity contribution in [2.75, 3.05) is 0 Å². The van der Waals surface area contributed by atoms with Gasteiger partial charge in [0.2, 0.25) is 0 Å². The molecular weight excluding hydrogens is 320 g/mol. The molecule has 0 N–H and O–H groups in total. The van der Waals surface area contributed by atoms with Crippen LogP contribution in [0.1, 0.15) is 44.1 Å². The maximum absolute atomic E-state index is 6.39. The van der Waals surface area contributed by atoms with Gasteiger partial charge in [0, 0.05) is 5.92 Å². The van der Waals surface area contributed by atoms with E-state index in [9.17, 15) is 0 Å². The summed E-state index contributed by atoms with van der Waals surface area (Å²) in [5, 5.41) is 2.88. The predicted octanol–water partition coefficient (Wildman–Crippen LogP) is 5.79. The van der Waals surface area contributed by atoms with E-state index >= 15 is 0 Å². The Balaban J connectivity index is 1.75. The van der Waals surface area contributed by atoms with Crippen LogP contribution in [-0.4, -0.2) is 14.2 Å². The van der Waals surface area contributed by atoms with Crippen LogP contribution in [0.2, 0.25) is 13.1 Å². The van der Waals surface area contributed by atoms with Gasteiger partial charge in [-0.25, -0.2) is 0 Å². The Hall–Kier alpha value is -1.80. The van der Waals surface area contributed by atoms with E-state index in [1.807, 2.05) is 0 Å². The molecule has 0 heterocycles. The highest BCUT2D eigenvalue weighted by Crippen LogP contribution is 2.35. The van der Waals surface area contributed by atoms with Gasteiger partial charge in [-0.3, -0.25) is 0 Å².